The molecule has 0 saturated carbocycles. The maximum Gasteiger partial charge on any atom is 0.225 e. The van der Waals surface area contributed by atoms with Gasteiger partial charge in [-0.15, -0.1) is 0 Å². The van der Waals surface area contributed by atoms with E-state index in [0.717, 1.165) is 49.3 Å². The molecule has 0 atom stereocenters. The monoisotopic (exact) mass is 381 g/mol. The number of piperidine rings is 1. The van der Waals surface area contributed by atoms with E-state index in [9.17, 15) is 13.2 Å². The Bertz CT molecular complexity index is 709. The van der Waals surface area contributed by atoms with Crippen molar-refractivity contribution < 1.29 is 13.2 Å². The number of benzene rings is 1. The smallest absolute Gasteiger partial charge is 0.225 e. The molecule has 1 amide bonds. The molecule has 1 heterocycles. The molecule has 0 aromatic heterocycles. The van der Waals surface area contributed by atoms with Crippen LogP contribution in [-0.4, -0.2) is 50.6 Å². The van der Waals surface area contributed by atoms with Gasteiger partial charge in [0, 0.05) is 44.0 Å². The van der Waals surface area contributed by atoms with E-state index in [2.05, 4.69) is 24.1 Å². The van der Waals surface area contributed by atoms with Gasteiger partial charge in [-0.1, -0.05) is 6.42 Å². The van der Waals surface area contributed by atoms with Crippen molar-refractivity contribution in [3.05, 3.63) is 23.8 Å². The van der Waals surface area contributed by atoms with E-state index in [-0.39, 0.29) is 18.1 Å². The minimum Gasteiger partial charge on any atom is -0.372 e. The SMILES string of the molecule is CCN(CC)c1ccc(NC(=O)CCS(=O)(=O)N2CCCCC2)c(C)c1. The van der Waals surface area contributed by atoms with Gasteiger partial charge in [-0.05, 0) is 57.4 Å². The highest BCUT2D eigenvalue weighted by Crippen LogP contribution is 2.23. The zero-order chi connectivity index (χ0) is 19.2. The molecular formula is C19H31N3O3S. The maximum atomic E-state index is 12.3. The number of carbonyl (C=O) groups excluding carboxylic acids is 1. The van der Waals surface area contributed by atoms with E-state index >= 15 is 0 Å². The minimum absolute atomic E-state index is 0.0178. The highest BCUT2D eigenvalue weighted by molar-refractivity contribution is 7.89. The molecule has 26 heavy (non-hydrogen) atoms. The summed E-state index contributed by atoms with van der Waals surface area (Å²) in [6.07, 6.45) is 2.87. The van der Waals surface area contributed by atoms with Crippen LogP contribution in [0.25, 0.3) is 0 Å². The number of aryl methyl sites for hydroxylation is 1. The molecule has 1 saturated heterocycles. The number of sulfonamides is 1. The molecule has 146 valence electrons. The van der Waals surface area contributed by atoms with Gasteiger partial charge in [0.15, 0.2) is 0 Å². The van der Waals surface area contributed by atoms with Gasteiger partial charge >= 0.3 is 0 Å². The van der Waals surface area contributed by atoms with Gasteiger partial charge in [0.2, 0.25) is 15.9 Å². The third-order valence-corrected chi connectivity index (χ3v) is 6.78. The van der Waals surface area contributed by atoms with Crippen LogP contribution in [0.1, 0.15) is 45.1 Å². The van der Waals surface area contributed by atoms with Crippen LogP contribution in [-0.2, 0) is 14.8 Å². The zero-order valence-electron chi connectivity index (χ0n) is 16.1. The molecule has 7 heteroatoms. The summed E-state index contributed by atoms with van der Waals surface area (Å²) < 4.78 is 26.2. The molecule has 0 radical (unpaired) electrons. The summed E-state index contributed by atoms with van der Waals surface area (Å²) in [5.41, 5.74) is 2.83. The second-order valence-corrected chi connectivity index (χ2v) is 8.83. The Morgan fingerprint density at radius 2 is 1.81 bits per heavy atom. The van der Waals surface area contributed by atoms with E-state index < -0.39 is 10.0 Å². The van der Waals surface area contributed by atoms with Crippen molar-refractivity contribution in [1.29, 1.82) is 0 Å². The number of nitrogens with zero attached hydrogens (tertiary/aromatic N) is 2. The Morgan fingerprint density at radius 1 is 1.15 bits per heavy atom. The predicted octanol–water partition coefficient (Wildman–Crippen LogP) is 2.99. The molecule has 1 fully saturated rings. The molecule has 2 rings (SSSR count). The van der Waals surface area contributed by atoms with Gasteiger partial charge in [0.1, 0.15) is 0 Å². The van der Waals surface area contributed by atoms with Crippen LogP contribution in [0, 0.1) is 6.92 Å². The lowest BCUT2D eigenvalue weighted by Crippen LogP contribution is -2.37. The van der Waals surface area contributed by atoms with Gasteiger partial charge in [-0.2, -0.15) is 0 Å². The van der Waals surface area contributed by atoms with Gasteiger partial charge in [0.05, 0.1) is 5.75 Å². The summed E-state index contributed by atoms with van der Waals surface area (Å²) in [7, 11) is -3.34. The summed E-state index contributed by atoms with van der Waals surface area (Å²) in [5.74, 6) is -0.389. The van der Waals surface area contributed by atoms with Crippen molar-refractivity contribution in [2.24, 2.45) is 0 Å². The summed E-state index contributed by atoms with van der Waals surface area (Å²) in [4.78, 5) is 14.5. The van der Waals surface area contributed by atoms with Gasteiger partial charge in [0.25, 0.3) is 0 Å². The molecule has 0 bridgehead atoms. The second kappa shape index (κ2) is 9.37. The number of rotatable bonds is 8. The third-order valence-electron chi connectivity index (χ3n) is 4.91. The summed E-state index contributed by atoms with van der Waals surface area (Å²) in [5, 5.41) is 2.85. The first-order valence-electron chi connectivity index (χ1n) is 9.50. The fourth-order valence-electron chi connectivity index (χ4n) is 3.28. The van der Waals surface area contributed by atoms with Crippen molar-refractivity contribution >= 4 is 27.3 Å². The largest absolute Gasteiger partial charge is 0.372 e. The summed E-state index contributed by atoms with van der Waals surface area (Å²) >= 11 is 0. The Kier molecular flexibility index (Phi) is 7.46. The van der Waals surface area contributed by atoms with Crippen molar-refractivity contribution in [1.82, 2.24) is 4.31 Å². The fourth-order valence-corrected chi connectivity index (χ4v) is 4.80. The number of amides is 1. The second-order valence-electron chi connectivity index (χ2n) is 6.75. The van der Waals surface area contributed by atoms with Crippen LogP contribution in [0.5, 0.6) is 0 Å². The maximum absolute atomic E-state index is 12.3. The third kappa shape index (κ3) is 5.45. The first-order valence-corrected chi connectivity index (χ1v) is 11.1. The molecule has 0 spiro atoms. The topological polar surface area (TPSA) is 69.7 Å². The average molecular weight is 382 g/mol. The standard InChI is InChI=1S/C19H31N3O3S/c1-4-21(5-2)17-9-10-18(16(3)15-17)20-19(23)11-14-26(24,25)22-12-7-6-8-13-22/h9-10,15H,4-8,11-14H2,1-3H3,(H,20,23). The fraction of sp³-hybridized carbons (Fsp3) is 0.632. The zero-order valence-corrected chi connectivity index (χ0v) is 16.9. The minimum atomic E-state index is -3.34. The van der Waals surface area contributed by atoms with Crippen LogP contribution in [0.15, 0.2) is 18.2 Å². The molecule has 1 aromatic carbocycles. The number of hydrogen-bond acceptors (Lipinski definition) is 4. The van der Waals surface area contributed by atoms with Gasteiger partial charge in [-0.3, -0.25) is 4.79 Å². The molecule has 0 aliphatic carbocycles. The van der Waals surface area contributed by atoms with Crippen molar-refractivity contribution in [3.63, 3.8) is 0 Å². The first kappa shape index (κ1) is 20.7. The normalized spacial score (nSPS) is 15.7. The summed E-state index contributed by atoms with van der Waals surface area (Å²) in [6.45, 7) is 9.18. The van der Waals surface area contributed by atoms with Crippen LogP contribution < -0.4 is 10.2 Å². The van der Waals surface area contributed by atoms with E-state index in [4.69, 9.17) is 0 Å². The average Bonchev–Trinajstić information content (AvgIpc) is 2.64. The predicted molar refractivity (Wildman–Crippen MR) is 107 cm³/mol. The molecule has 1 N–H and O–H groups in total. The molecule has 1 aromatic rings. The summed E-state index contributed by atoms with van der Waals surface area (Å²) in [6, 6.07) is 5.92. The number of nitrogens with one attached hydrogen (secondary N) is 1. The molecular weight excluding hydrogens is 350 g/mol. The number of carbonyl (C=O) groups is 1. The van der Waals surface area contributed by atoms with E-state index in [1.165, 1.54) is 4.31 Å². The van der Waals surface area contributed by atoms with Crippen LogP contribution >= 0.6 is 0 Å². The lowest BCUT2D eigenvalue weighted by molar-refractivity contribution is -0.115. The molecule has 6 nitrogen and oxygen atoms in total. The van der Waals surface area contributed by atoms with Gasteiger partial charge in [-0.25, -0.2) is 12.7 Å². The van der Waals surface area contributed by atoms with Crippen LogP contribution in [0.2, 0.25) is 0 Å². The number of anilines is 2. The van der Waals surface area contributed by atoms with Crippen molar-refractivity contribution in [3.8, 4) is 0 Å². The first-order chi connectivity index (χ1) is 12.4. The quantitative estimate of drug-likeness (QED) is 0.752. The van der Waals surface area contributed by atoms with Crippen molar-refractivity contribution in [2.75, 3.05) is 42.1 Å². The highest BCUT2D eigenvalue weighted by atomic mass is 32.2. The Labute approximate surface area is 157 Å². The molecule has 1 aliphatic heterocycles. The van der Waals surface area contributed by atoms with Crippen LogP contribution in [0.4, 0.5) is 11.4 Å². The lowest BCUT2D eigenvalue weighted by atomic mass is 10.1. The number of hydrogen-bond donors (Lipinski definition) is 1. The van der Waals surface area contributed by atoms with Crippen LogP contribution in [0.3, 0.4) is 0 Å². The van der Waals surface area contributed by atoms with Gasteiger partial charge < -0.3 is 10.2 Å². The molecule has 0 unspecified atom stereocenters. The van der Waals surface area contributed by atoms with E-state index in [1.807, 2.05) is 25.1 Å². The Morgan fingerprint density at radius 3 is 2.38 bits per heavy atom. The van der Waals surface area contributed by atoms with E-state index in [0.29, 0.717) is 13.1 Å². The lowest BCUT2D eigenvalue weighted by Gasteiger charge is -2.25. The highest BCUT2D eigenvalue weighted by Gasteiger charge is 2.24. The van der Waals surface area contributed by atoms with Crippen molar-refractivity contribution in [2.45, 2.75) is 46.5 Å². The Hall–Kier alpha value is -1.60. The Balaban J connectivity index is 1.93. The molecule has 1 aliphatic rings. The van der Waals surface area contributed by atoms with E-state index in [1.54, 1.807) is 0 Å².